The fourth-order valence-electron chi connectivity index (χ4n) is 2.28. The Balaban J connectivity index is 2.13. The summed E-state index contributed by atoms with van der Waals surface area (Å²) >= 11 is 0. The van der Waals surface area contributed by atoms with Gasteiger partial charge >= 0.3 is 0 Å². The van der Waals surface area contributed by atoms with E-state index in [1.165, 1.54) is 11.1 Å². The van der Waals surface area contributed by atoms with Gasteiger partial charge in [0, 0.05) is 12.4 Å². The summed E-state index contributed by atoms with van der Waals surface area (Å²) in [4.78, 5) is 8.86. The molecule has 112 valence electrons. The molecule has 0 bridgehead atoms. The lowest BCUT2D eigenvalue weighted by molar-refractivity contribution is 0.555. The molecular formula is C18H25N3. The van der Waals surface area contributed by atoms with Crippen LogP contribution < -0.4 is 5.32 Å². The monoisotopic (exact) mass is 283 g/mol. The number of hydrogen-bond donors (Lipinski definition) is 1. The van der Waals surface area contributed by atoms with E-state index in [9.17, 15) is 0 Å². The maximum Gasteiger partial charge on any atom is 0.145 e. The van der Waals surface area contributed by atoms with Gasteiger partial charge in [-0.05, 0) is 42.5 Å². The highest BCUT2D eigenvalue weighted by atomic mass is 15.0. The highest BCUT2D eigenvalue weighted by Crippen LogP contribution is 2.23. The maximum atomic E-state index is 4.43. The first-order valence-electron chi connectivity index (χ1n) is 7.45. The quantitative estimate of drug-likeness (QED) is 0.932. The van der Waals surface area contributed by atoms with Crippen LogP contribution in [-0.4, -0.2) is 17.0 Å². The molecule has 0 amide bonds. The Kier molecular flexibility index (Phi) is 4.73. The van der Waals surface area contributed by atoms with E-state index in [2.05, 4.69) is 60.3 Å². The molecule has 0 fully saturated rings. The van der Waals surface area contributed by atoms with Crippen molar-refractivity contribution >= 4 is 0 Å². The van der Waals surface area contributed by atoms with Gasteiger partial charge in [-0.15, -0.1) is 0 Å². The maximum absolute atomic E-state index is 4.43. The van der Waals surface area contributed by atoms with Crippen LogP contribution in [0.4, 0.5) is 0 Å². The lowest BCUT2D eigenvalue weighted by atomic mass is 9.86. The van der Waals surface area contributed by atoms with Gasteiger partial charge in [0.1, 0.15) is 5.82 Å². The van der Waals surface area contributed by atoms with Crippen LogP contribution in [0.5, 0.6) is 0 Å². The second-order valence-electron chi connectivity index (χ2n) is 6.61. The summed E-state index contributed by atoms with van der Waals surface area (Å²) in [6.45, 7) is 8.71. The van der Waals surface area contributed by atoms with E-state index in [1.807, 2.05) is 26.4 Å². The van der Waals surface area contributed by atoms with Crippen LogP contribution in [0, 0.1) is 6.92 Å². The summed E-state index contributed by atoms with van der Waals surface area (Å²) in [5.74, 6) is 0.850. The summed E-state index contributed by atoms with van der Waals surface area (Å²) in [6, 6.07) is 9.00. The fourth-order valence-corrected chi connectivity index (χ4v) is 2.28. The van der Waals surface area contributed by atoms with Gasteiger partial charge in [-0.25, -0.2) is 9.97 Å². The van der Waals surface area contributed by atoms with Gasteiger partial charge in [-0.2, -0.15) is 0 Å². The van der Waals surface area contributed by atoms with Crippen molar-refractivity contribution < 1.29 is 0 Å². The lowest BCUT2D eigenvalue weighted by Crippen LogP contribution is -2.21. The van der Waals surface area contributed by atoms with E-state index in [4.69, 9.17) is 0 Å². The highest BCUT2D eigenvalue weighted by Gasteiger charge is 2.15. The third kappa shape index (κ3) is 4.11. The zero-order valence-electron chi connectivity index (χ0n) is 13.6. The number of aromatic nitrogens is 2. The average Bonchev–Trinajstić information content (AvgIpc) is 2.45. The van der Waals surface area contributed by atoms with Gasteiger partial charge < -0.3 is 5.32 Å². The topological polar surface area (TPSA) is 37.8 Å². The minimum absolute atomic E-state index is 0.145. The molecule has 1 atom stereocenters. The molecule has 3 heteroatoms. The van der Waals surface area contributed by atoms with E-state index < -0.39 is 0 Å². The number of aryl methyl sites for hydroxylation is 1. The summed E-state index contributed by atoms with van der Waals surface area (Å²) in [5.41, 5.74) is 3.94. The lowest BCUT2D eigenvalue weighted by Gasteiger charge is -2.20. The molecule has 1 N–H and O–H groups in total. The first kappa shape index (κ1) is 15.6. The Morgan fingerprint density at radius 1 is 1.05 bits per heavy atom. The van der Waals surface area contributed by atoms with E-state index in [0.29, 0.717) is 0 Å². The Labute approximate surface area is 127 Å². The number of rotatable bonds is 4. The van der Waals surface area contributed by atoms with E-state index in [-0.39, 0.29) is 11.5 Å². The van der Waals surface area contributed by atoms with Crippen molar-refractivity contribution in [3.63, 3.8) is 0 Å². The van der Waals surface area contributed by atoms with Crippen LogP contribution >= 0.6 is 0 Å². The van der Waals surface area contributed by atoms with Crippen LogP contribution in [0.3, 0.4) is 0 Å². The first-order chi connectivity index (χ1) is 9.90. The molecule has 0 aliphatic heterocycles. The molecule has 0 aliphatic carbocycles. The molecule has 0 saturated heterocycles. The zero-order valence-corrected chi connectivity index (χ0v) is 13.6. The predicted octanol–water partition coefficient (Wildman–Crippen LogP) is 3.59. The predicted molar refractivity (Wildman–Crippen MR) is 87.4 cm³/mol. The van der Waals surface area contributed by atoms with Crippen molar-refractivity contribution in [2.75, 3.05) is 7.05 Å². The number of hydrogen-bond acceptors (Lipinski definition) is 3. The highest BCUT2D eigenvalue weighted by molar-refractivity contribution is 5.28. The third-order valence-corrected chi connectivity index (χ3v) is 3.72. The van der Waals surface area contributed by atoms with Gasteiger partial charge in [0.05, 0.1) is 6.04 Å². The third-order valence-electron chi connectivity index (χ3n) is 3.72. The van der Waals surface area contributed by atoms with Crippen LogP contribution in [0.15, 0.2) is 36.7 Å². The summed E-state index contributed by atoms with van der Waals surface area (Å²) in [7, 11) is 1.96. The molecule has 0 aliphatic rings. The molecule has 0 spiro atoms. The van der Waals surface area contributed by atoms with Crippen molar-refractivity contribution in [1.82, 2.24) is 15.3 Å². The van der Waals surface area contributed by atoms with Gasteiger partial charge in [-0.3, -0.25) is 0 Å². The number of likely N-dealkylation sites (N-methyl/N-ethyl adjacent to an activating group) is 1. The number of benzene rings is 1. The molecule has 2 rings (SSSR count). The molecule has 1 heterocycles. The Bertz CT molecular complexity index is 565. The molecule has 0 saturated carbocycles. The largest absolute Gasteiger partial charge is 0.310 e. The van der Waals surface area contributed by atoms with Crippen molar-refractivity contribution in [2.45, 2.75) is 45.6 Å². The Morgan fingerprint density at radius 2 is 1.62 bits per heavy atom. The second-order valence-corrected chi connectivity index (χ2v) is 6.61. The molecule has 1 unspecified atom stereocenters. The van der Waals surface area contributed by atoms with Crippen LogP contribution in [0.1, 0.15) is 49.3 Å². The van der Waals surface area contributed by atoms with E-state index in [0.717, 1.165) is 17.8 Å². The van der Waals surface area contributed by atoms with Crippen LogP contribution in [0.2, 0.25) is 0 Å². The number of nitrogens with zero attached hydrogens (tertiary/aromatic N) is 2. The van der Waals surface area contributed by atoms with Gasteiger partial charge in [0.25, 0.3) is 0 Å². The Morgan fingerprint density at radius 3 is 2.10 bits per heavy atom. The minimum atomic E-state index is 0.145. The summed E-state index contributed by atoms with van der Waals surface area (Å²) < 4.78 is 0. The molecule has 0 radical (unpaired) electrons. The molecule has 3 nitrogen and oxygen atoms in total. The van der Waals surface area contributed by atoms with Gasteiger partial charge in [0.15, 0.2) is 0 Å². The molecular weight excluding hydrogens is 258 g/mol. The van der Waals surface area contributed by atoms with Crippen molar-refractivity contribution in [1.29, 1.82) is 0 Å². The molecule has 1 aromatic carbocycles. The van der Waals surface area contributed by atoms with Gasteiger partial charge in [0.2, 0.25) is 0 Å². The van der Waals surface area contributed by atoms with E-state index in [1.54, 1.807) is 0 Å². The van der Waals surface area contributed by atoms with Crippen LogP contribution in [-0.2, 0) is 11.8 Å². The molecule has 21 heavy (non-hydrogen) atoms. The minimum Gasteiger partial charge on any atom is -0.310 e. The van der Waals surface area contributed by atoms with Crippen molar-refractivity contribution in [3.05, 3.63) is 59.2 Å². The van der Waals surface area contributed by atoms with Crippen LogP contribution in [0.25, 0.3) is 0 Å². The summed E-state index contributed by atoms with van der Waals surface area (Å²) in [6.07, 6.45) is 4.63. The van der Waals surface area contributed by atoms with E-state index >= 15 is 0 Å². The average molecular weight is 283 g/mol. The first-order valence-corrected chi connectivity index (χ1v) is 7.45. The molecule has 1 aromatic heterocycles. The van der Waals surface area contributed by atoms with Gasteiger partial charge in [-0.1, -0.05) is 45.0 Å². The second kappa shape index (κ2) is 6.35. The SMILES string of the molecule is CNC(Cc1ccc(C(C)(C)C)cc1)c1ncc(C)cn1. The number of nitrogens with one attached hydrogen (secondary N) is 1. The standard InChI is InChI=1S/C18H25N3/c1-13-11-20-17(21-12-13)16(19-5)10-14-6-8-15(9-7-14)18(2,3)4/h6-9,11-12,16,19H,10H2,1-5H3. The Hall–Kier alpha value is -1.74. The zero-order chi connectivity index (χ0) is 15.5. The van der Waals surface area contributed by atoms with Crippen molar-refractivity contribution in [3.8, 4) is 0 Å². The summed E-state index contributed by atoms with van der Waals surface area (Å²) in [5, 5.41) is 3.31. The normalized spacial score (nSPS) is 13.2. The smallest absolute Gasteiger partial charge is 0.145 e. The molecule has 2 aromatic rings. The fraction of sp³-hybridized carbons (Fsp3) is 0.444. The van der Waals surface area contributed by atoms with Crippen molar-refractivity contribution in [2.24, 2.45) is 0 Å².